The highest BCUT2D eigenvalue weighted by Crippen LogP contribution is 2.67. The normalized spacial score (nSPS) is 38.0. The number of carbonyl (C=O) groups is 5. The number of rotatable bonds is 7. The Morgan fingerprint density at radius 2 is 1.78 bits per heavy atom. The van der Waals surface area contributed by atoms with Gasteiger partial charge < -0.3 is 24.8 Å². The van der Waals surface area contributed by atoms with Gasteiger partial charge in [0.25, 0.3) is 0 Å². The predicted octanol–water partition coefficient (Wildman–Crippen LogP) is 2.61. The quantitative estimate of drug-likeness (QED) is 0.410. The molecule has 1 heterocycles. The molecular weight excluding hydrogens is 508 g/mol. The molecule has 2 fully saturated rings. The number of carboxylic acid groups (broad SMARTS) is 2. The summed E-state index contributed by atoms with van der Waals surface area (Å²) < 4.78 is 11.1. The molecule has 0 aromatic heterocycles. The van der Waals surface area contributed by atoms with E-state index in [0.717, 1.165) is 5.57 Å². The maximum Gasteiger partial charge on any atom is 0.336 e. The summed E-state index contributed by atoms with van der Waals surface area (Å²) >= 11 is 6.66. The fourth-order valence-corrected chi connectivity index (χ4v) is 7.87. The third-order valence-electron chi connectivity index (χ3n) is 9.39. The number of hydrogen-bond donors (Lipinski definition) is 3. The van der Waals surface area contributed by atoms with Gasteiger partial charge in [-0.25, -0.2) is 9.59 Å². The zero-order chi connectivity index (χ0) is 27.6. The van der Waals surface area contributed by atoms with Crippen molar-refractivity contribution in [2.45, 2.75) is 70.5 Å². The first-order valence-electron chi connectivity index (χ1n) is 12.3. The van der Waals surface area contributed by atoms with Gasteiger partial charge in [0, 0.05) is 21.9 Å². The van der Waals surface area contributed by atoms with Crippen LogP contribution >= 0.6 is 11.6 Å². The molecule has 2 saturated carbocycles. The molecule has 3 N–H and O–H groups in total. The monoisotopic (exact) mass is 538 g/mol. The molecule has 37 heavy (non-hydrogen) atoms. The molecule has 0 saturated heterocycles. The van der Waals surface area contributed by atoms with E-state index < -0.39 is 64.5 Å². The molecule has 0 aromatic carbocycles. The van der Waals surface area contributed by atoms with Crippen molar-refractivity contribution in [2.75, 3.05) is 6.61 Å². The predicted molar refractivity (Wildman–Crippen MR) is 127 cm³/mol. The molecule has 0 aromatic rings. The lowest BCUT2D eigenvalue weighted by molar-refractivity contribution is -0.194. The van der Waals surface area contributed by atoms with Crippen molar-refractivity contribution in [3.63, 3.8) is 0 Å². The minimum absolute atomic E-state index is 0.0681. The number of Topliss-reactive ketones (excluding diaryl/α,β-unsaturated/α-hetero) is 1. The van der Waals surface area contributed by atoms with Gasteiger partial charge >= 0.3 is 23.9 Å². The van der Waals surface area contributed by atoms with Crippen molar-refractivity contribution >= 4 is 41.3 Å². The highest BCUT2D eigenvalue weighted by molar-refractivity contribution is 6.32. The van der Waals surface area contributed by atoms with Crippen molar-refractivity contribution in [3.8, 4) is 0 Å². The van der Waals surface area contributed by atoms with Crippen LogP contribution < -0.4 is 0 Å². The molecule has 10 nitrogen and oxygen atoms in total. The van der Waals surface area contributed by atoms with E-state index in [0.29, 0.717) is 24.3 Å². The molecule has 0 amide bonds. The van der Waals surface area contributed by atoms with Gasteiger partial charge in [0.1, 0.15) is 6.61 Å². The number of aliphatic carboxylic acids is 2. The van der Waals surface area contributed by atoms with Gasteiger partial charge in [-0.05, 0) is 55.9 Å². The average Bonchev–Trinajstić information content (AvgIpc) is 3.07. The Kier molecular flexibility index (Phi) is 6.60. The number of halogens is 1. The first kappa shape index (κ1) is 27.3. The van der Waals surface area contributed by atoms with Crippen LogP contribution in [0.15, 0.2) is 22.8 Å². The number of aliphatic hydroxyl groups is 1. The number of ketones is 1. The van der Waals surface area contributed by atoms with E-state index in [2.05, 4.69) is 0 Å². The van der Waals surface area contributed by atoms with E-state index in [9.17, 15) is 34.2 Å². The summed E-state index contributed by atoms with van der Waals surface area (Å²) in [5.41, 5.74) is -5.02. The second-order valence-electron chi connectivity index (χ2n) is 11.3. The Morgan fingerprint density at radius 3 is 2.38 bits per heavy atom. The lowest BCUT2D eigenvalue weighted by atomic mass is 9.49. The second kappa shape index (κ2) is 8.94. The van der Waals surface area contributed by atoms with Crippen LogP contribution in [0.3, 0.4) is 0 Å². The highest BCUT2D eigenvalue weighted by atomic mass is 35.5. The van der Waals surface area contributed by atoms with E-state index >= 15 is 0 Å². The third-order valence-corrected chi connectivity index (χ3v) is 9.72. The van der Waals surface area contributed by atoms with Crippen molar-refractivity contribution in [3.05, 3.63) is 22.8 Å². The minimum atomic E-state index is -2.87. The topological polar surface area (TPSA) is 164 Å². The molecule has 11 heteroatoms. The van der Waals surface area contributed by atoms with Gasteiger partial charge in [0.05, 0.1) is 12.8 Å². The van der Waals surface area contributed by atoms with Gasteiger partial charge in [-0.3, -0.25) is 14.4 Å². The van der Waals surface area contributed by atoms with Gasteiger partial charge in [-0.2, -0.15) is 0 Å². The van der Waals surface area contributed by atoms with Crippen LogP contribution in [0.4, 0.5) is 0 Å². The van der Waals surface area contributed by atoms with E-state index in [1.54, 1.807) is 0 Å². The number of carbonyl (C=O) groups excluding carboxylic acids is 3. The molecular formula is C26H31ClO10. The molecule has 1 aliphatic heterocycles. The van der Waals surface area contributed by atoms with Gasteiger partial charge in [0.2, 0.25) is 0 Å². The molecule has 0 bridgehead atoms. The lowest BCUT2D eigenvalue weighted by Gasteiger charge is -2.57. The minimum Gasteiger partial charge on any atom is -0.481 e. The molecule has 4 rings (SSSR count). The molecule has 202 valence electrons. The highest BCUT2D eigenvalue weighted by Gasteiger charge is 2.68. The number of cyclic esters (lactones) is 1. The molecule has 3 aliphatic carbocycles. The number of ether oxygens (including phenoxy) is 2. The lowest BCUT2D eigenvalue weighted by Crippen LogP contribution is -2.59. The van der Waals surface area contributed by atoms with Crippen molar-refractivity contribution in [2.24, 2.45) is 28.6 Å². The van der Waals surface area contributed by atoms with Crippen LogP contribution in [-0.2, 0) is 33.4 Å². The molecule has 7 atom stereocenters. The Balaban J connectivity index is 1.67. The molecule has 4 aliphatic rings. The first-order valence-corrected chi connectivity index (χ1v) is 12.6. The first-order chi connectivity index (χ1) is 17.1. The van der Waals surface area contributed by atoms with E-state index in [-0.39, 0.29) is 30.8 Å². The summed E-state index contributed by atoms with van der Waals surface area (Å²) in [5, 5.41) is 29.1. The maximum absolute atomic E-state index is 13.1. The Morgan fingerprint density at radius 1 is 1.14 bits per heavy atom. The standard InChI is InChI=1S/C26H31ClO10/c1-13(28)26(37-21(32)11-25(35,22(33)34)10-19(29)30)7-5-16-14-8-18(27)17-9-20(31)36-12-23(17,2)15(14)4-6-24(16,26)3/h8-9,14-16,35H,4-7,10-12H2,1-3H3,(H,29,30)(H,33,34)/t14-,15+,16+,23-,24+,25?,26+/m1/s1. The fraction of sp³-hybridized carbons (Fsp3) is 0.654. The summed E-state index contributed by atoms with van der Waals surface area (Å²) in [7, 11) is 0. The number of hydrogen-bond acceptors (Lipinski definition) is 8. The molecule has 1 unspecified atom stereocenters. The van der Waals surface area contributed by atoms with Crippen LogP contribution in [0.5, 0.6) is 0 Å². The SMILES string of the molecule is CC(=O)[C@@]1(OC(=O)CC(O)(CC(=O)O)C(=O)O)CC[C@H]2[C@@H]3C=C(Cl)C4=CC(=O)OC[C@]4(C)[C@H]3CC[C@@]21C. The zero-order valence-corrected chi connectivity index (χ0v) is 21.7. The van der Waals surface area contributed by atoms with Crippen LogP contribution in [0.25, 0.3) is 0 Å². The third kappa shape index (κ3) is 4.09. The smallest absolute Gasteiger partial charge is 0.336 e. The van der Waals surface area contributed by atoms with Crippen molar-refractivity contribution < 1.29 is 48.8 Å². The van der Waals surface area contributed by atoms with Crippen LogP contribution in [0.1, 0.15) is 59.3 Å². The number of fused-ring (bicyclic) bond motifs is 5. The summed E-state index contributed by atoms with van der Waals surface area (Å²) in [5.74, 6) is -5.60. The number of allylic oxidation sites excluding steroid dienone is 2. The second-order valence-corrected chi connectivity index (χ2v) is 11.7. The fourth-order valence-electron chi connectivity index (χ4n) is 7.45. The number of carboxylic acids is 2. The molecule has 0 spiro atoms. The summed E-state index contributed by atoms with van der Waals surface area (Å²) in [6, 6.07) is 0. The maximum atomic E-state index is 13.1. The summed E-state index contributed by atoms with van der Waals surface area (Å²) in [4.78, 5) is 60.6. The van der Waals surface area contributed by atoms with E-state index in [1.165, 1.54) is 13.0 Å². The van der Waals surface area contributed by atoms with Crippen LogP contribution in [0.2, 0.25) is 0 Å². The Labute approximate surface area is 218 Å². The Hall–Kier alpha value is -2.72. The average molecular weight is 539 g/mol. The number of esters is 2. The molecule has 0 radical (unpaired) electrons. The van der Waals surface area contributed by atoms with Crippen molar-refractivity contribution in [1.82, 2.24) is 0 Å². The van der Waals surface area contributed by atoms with Gasteiger partial charge in [0.15, 0.2) is 17.0 Å². The summed E-state index contributed by atoms with van der Waals surface area (Å²) in [6.07, 6.45) is 2.91. The largest absolute Gasteiger partial charge is 0.481 e. The van der Waals surface area contributed by atoms with E-state index in [4.69, 9.17) is 26.2 Å². The van der Waals surface area contributed by atoms with Crippen LogP contribution in [0, 0.1) is 28.6 Å². The van der Waals surface area contributed by atoms with Crippen molar-refractivity contribution in [1.29, 1.82) is 0 Å². The van der Waals surface area contributed by atoms with Gasteiger partial charge in [-0.1, -0.05) is 31.5 Å². The van der Waals surface area contributed by atoms with Crippen LogP contribution in [-0.4, -0.2) is 62.8 Å². The Bertz CT molecular complexity index is 1140. The van der Waals surface area contributed by atoms with E-state index in [1.807, 2.05) is 19.9 Å². The summed E-state index contributed by atoms with van der Waals surface area (Å²) in [6.45, 7) is 5.41. The zero-order valence-electron chi connectivity index (χ0n) is 20.9. The van der Waals surface area contributed by atoms with Gasteiger partial charge in [-0.15, -0.1) is 0 Å².